The number of nitrogens with zero attached hydrogens (tertiary/aromatic N) is 2. The summed E-state index contributed by atoms with van der Waals surface area (Å²) in [5.74, 6) is 1.29. The van der Waals surface area contributed by atoms with Crippen LogP contribution in [0, 0.1) is 6.92 Å². The van der Waals surface area contributed by atoms with Crippen molar-refractivity contribution >= 4 is 5.91 Å². The molecule has 1 atom stereocenters. The second kappa shape index (κ2) is 6.13. The zero-order valence-electron chi connectivity index (χ0n) is 12.0. The number of aromatic nitrogens is 1. The largest absolute Gasteiger partial charge is 0.468 e. The number of carbonyl (C=O) groups is 1. The highest BCUT2D eigenvalue weighted by Gasteiger charge is 2.26. The molecule has 1 unspecified atom stereocenters. The standard InChI is InChI=1S/C15H19N3O3/c1-11-9-12(17-21-11)15(19)16-10-13(14-5-4-8-20-14)18-6-2-3-7-18/h4-5,8-9,13H,2-3,6-7,10H2,1H3,(H,16,19). The van der Waals surface area contributed by atoms with Crippen molar-refractivity contribution in [3.05, 3.63) is 41.7 Å². The molecule has 0 aliphatic carbocycles. The minimum atomic E-state index is -0.220. The molecule has 0 bridgehead atoms. The van der Waals surface area contributed by atoms with E-state index >= 15 is 0 Å². The van der Waals surface area contributed by atoms with Crippen molar-refractivity contribution < 1.29 is 13.7 Å². The van der Waals surface area contributed by atoms with E-state index in [-0.39, 0.29) is 11.9 Å². The molecule has 1 N–H and O–H groups in total. The second-order valence-corrected chi connectivity index (χ2v) is 5.31. The molecule has 0 aromatic carbocycles. The first kappa shape index (κ1) is 13.9. The van der Waals surface area contributed by atoms with Gasteiger partial charge in [0.1, 0.15) is 11.5 Å². The molecule has 1 aliphatic heterocycles. The lowest BCUT2D eigenvalue weighted by molar-refractivity contribution is 0.0924. The normalized spacial score (nSPS) is 17.0. The van der Waals surface area contributed by atoms with E-state index in [9.17, 15) is 4.79 Å². The van der Waals surface area contributed by atoms with Crippen molar-refractivity contribution in [2.24, 2.45) is 0 Å². The predicted octanol–water partition coefficient (Wildman–Crippen LogP) is 2.14. The van der Waals surface area contributed by atoms with Gasteiger partial charge < -0.3 is 14.3 Å². The van der Waals surface area contributed by atoms with E-state index in [0.717, 1.165) is 18.8 Å². The number of hydrogen-bond acceptors (Lipinski definition) is 5. The molecule has 3 rings (SSSR count). The molecule has 1 fully saturated rings. The maximum Gasteiger partial charge on any atom is 0.273 e. The van der Waals surface area contributed by atoms with Crippen molar-refractivity contribution in [3.8, 4) is 0 Å². The number of nitrogens with one attached hydrogen (secondary N) is 1. The Bertz CT molecular complexity index is 585. The number of amides is 1. The monoisotopic (exact) mass is 289 g/mol. The van der Waals surface area contributed by atoms with E-state index in [0.29, 0.717) is 18.0 Å². The van der Waals surface area contributed by atoms with Gasteiger partial charge in [-0.25, -0.2) is 0 Å². The third kappa shape index (κ3) is 3.16. The average molecular weight is 289 g/mol. The molecule has 2 aromatic heterocycles. The predicted molar refractivity (Wildman–Crippen MR) is 75.8 cm³/mol. The number of furan rings is 1. The van der Waals surface area contributed by atoms with Crippen LogP contribution >= 0.6 is 0 Å². The lowest BCUT2D eigenvalue weighted by Crippen LogP contribution is -2.36. The summed E-state index contributed by atoms with van der Waals surface area (Å²) >= 11 is 0. The van der Waals surface area contributed by atoms with Crippen LogP contribution < -0.4 is 5.32 Å². The number of rotatable bonds is 5. The molecule has 0 saturated carbocycles. The van der Waals surface area contributed by atoms with Crippen LogP contribution in [0.1, 0.15) is 40.9 Å². The van der Waals surface area contributed by atoms with Crippen molar-refractivity contribution in [2.45, 2.75) is 25.8 Å². The van der Waals surface area contributed by atoms with Crippen LogP contribution in [0.15, 0.2) is 33.4 Å². The van der Waals surface area contributed by atoms with Crippen molar-refractivity contribution in [1.29, 1.82) is 0 Å². The SMILES string of the molecule is Cc1cc(C(=O)NCC(c2ccco2)N2CCCC2)no1. The molecule has 1 saturated heterocycles. The lowest BCUT2D eigenvalue weighted by atomic mass is 10.2. The van der Waals surface area contributed by atoms with Gasteiger partial charge in [0.05, 0.1) is 12.3 Å². The molecule has 1 aliphatic rings. The van der Waals surface area contributed by atoms with Gasteiger partial charge in [0.2, 0.25) is 0 Å². The quantitative estimate of drug-likeness (QED) is 0.913. The number of likely N-dealkylation sites (tertiary alicyclic amines) is 1. The van der Waals surface area contributed by atoms with Gasteiger partial charge in [0, 0.05) is 12.6 Å². The molecule has 6 nitrogen and oxygen atoms in total. The van der Waals surface area contributed by atoms with Crippen molar-refractivity contribution in [3.63, 3.8) is 0 Å². The molecular weight excluding hydrogens is 270 g/mol. The first-order valence-corrected chi connectivity index (χ1v) is 7.23. The van der Waals surface area contributed by atoms with Crippen LogP contribution in [0.2, 0.25) is 0 Å². The Balaban J connectivity index is 1.66. The van der Waals surface area contributed by atoms with Gasteiger partial charge in [-0.05, 0) is 45.0 Å². The summed E-state index contributed by atoms with van der Waals surface area (Å²) in [7, 11) is 0. The second-order valence-electron chi connectivity index (χ2n) is 5.31. The van der Waals surface area contributed by atoms with Crippen molar-refractivity contribution in [1.82, 2.24) is 15.4 Å². The van der Waals surface area contributed by atoms with Crippen molar-refractivity contribution in [2.75, 3.05) is 19.6 Å². The third-order valence-electron chi connectivity index (χ3n) is 3.77. The van der Waals surface area contributed by atoms with Gasteiger partial charge >= 0.3 is 0 Å². The van der Waals surface area contributed by atoms with Crippen LogP contribution in [0.4, 0.5) is 0 Å². The Hall–Kier alpha value is -2.08. The highest BCUT2D eigenvalue weighted by Crippen LogP contribution is 2.24. The summed E-state index contributed by atoms with van der Waals surface area (Å²) in [6.45, 7) is 4.33. The first-order chi connectivity index (χ1) is 10.2. The van der Waals surface area contributed by atoms with Gasteiger partial charge in [0.15, 0.2) is 5.69 Å². The first-order valence-electron chi connectivity index (χ1n) is 7.23. The number of hydrogen-bond donors (Lipinski definition) is 1. The minimum absolute atomic E-state index is 0.0689. The summed E-state index contributed by atoms with van der Waals surface area (Å²) in [5, 5.41) is 6.64. The highest BCUT2D eigenvalue weighted by molar-refractivity contribution is 5.92. The number of carbonyl (C=O) groups excluding carboxylic acids is 1. The fraction of sp³-hybridized carbons (Fsp3) is 0.467. The molecule has 6 heteroatoms. The molecular formula is C15H19N3O3. The summed E-state index contributed by atoms with van der Waals surface area (Å²) < 4.78 is 10.4. The summed E-state index contributed by atoms with van der Waals surface area (Å²) in [6, 6.07) is 5.53. The van der Waals surface area contributed by atoms with Crippen LogP contribution in [0.25, 0.3) is 0 Å². The molecule has 3 heterocycles. The molecule has 1 amide bonds. The Morgan fingerprint density at radius 2 is 2.29 bits per heavy atom. The summed E-state index contributed by atoms with van der Waals surface area (Å²) in [6.07, 6.45) is 4.04. The van der Waals surface area contributed by atoms with Crippen LogP contribution in [0.5, 0.6) is 0 Å². The summed E-state index contributed by atoms with van der Waals surface area (Å²) in [4.78, 5) is 14.4. The molecule has 21 heavy (non-hydrogen) atoms. The van der Waals surface area contributed by atoms with E-state index < -0.39 is 0 Å². The van der Waals surface area contributed by atoms with Gasteiger partial charge in [-0.2, -0.15) is 0 Å². The van der Waals surface area contributed by atoms with Crippen LogP contribution in [-0.4, -0.2) is 35.6 Å². The van der Waals surface area contributed by atoms with E-state index in [1.54, 1.807) is 19.3 Å². The molecule has 112 valence electrons. The fourth-order valence-electron chi connectivity index (χ4n) is 2.70. The maximum atomic E-state index is 12.1. The Labute approximate surface area is 123 Å². The zero-order valence-corrected chi connectivity index (χ0v) is 12.0. The maximum absolute atomic E-state index is 12.1. The average Bonchev–Trinajstić information content (AvgIpc) is 3.21. The van der Waals surface area contributed by atoms with E-state index in [4.69, 9.17) is 8.94 Å². The Morgan fingerprint density at radius 1 is 1.48 bits per heavy atom. The lowest BCUT2D eigenvalue weighted by Gasteiger charge is -2.25. The summed E-state index contributed by atoms with van der Waals surface area (Å²) in [5.41, 5.74) is 0.312. The van der Waals surface area contributed by atoms with Gasteiger partial charge in [-0.3, -0.25) is 9.69 Å². The van der Waals surface area contributed by atoms with E-state index in [2.05, 4.69) is 15.4 Å². The fourth-order valence-corrected chi connectivity index (χ4v) is 2.70. The van der Waals surface area contributed by atoms with Gasteiger partial charge in [-0.1, -0.05) is 5.16 Å². The third-order valence-corrected chi connectivity index (χ3v) is 3.77. The van der Waals surface area contributed by atoms with E-state index in [1.807, 2.05) is 12.1 Å². The number of aryl methyl sites for hydroxylation is 1. The molecule has 2 aromatic rings. The minimum Gasteiger partial charge on any atom is -0.468 e. The van der Waals surface area contributed by atoms with Gasteiger partial charge in [-0.15, -0.1) is 0 Å². The topological polar surface area (TPSA) is 71.5 Å². The van der Waals surface area contributed by atoms with E-state index in [1.165, 1.54) is 12.8 Å². The molecule has 0 radical (unpaired) electrons. The van der Waals surface area contributed by atoms with Crippen LogP contribution in [-0.2, 0) is 0 Å². The van der Waals surface area contributed by atoms with Crippen LogP contribution in [0.3, 0.4) is 0 Å². The van der Waals surface area contributed by atoms with Gasteiger partial charge in [0.25, 0.3) is 5.91 Å². The molecule has 0 spiro atoms. The Morgan fingerprint density at radius 3 is 2.90 bits per heavy atom. The zero-order chi connectivity index (χ0) is 14.7. The smallest absolute Gasteiger partial charge is 0.273 e. The highest BCUT2D eigenvalue weighted by atomic mass is 16.5. The Kier molecular flexibility index (Phi) is 4.06.